The summed E-state index contributed by atoms with van der Waals surface area (Å²) in [6.07, 6.45) is -4.10. The predicted octanol–water partition coefficient (Wildman–Crippen LogP) is 2.38. The first-order valence-electron chi connectivity index (χ1n) is 5.98. The topological polar surface area (TPSA) is 55.1 Å². The molecule has 0 radical (unpaired) electrons. The molecule has 0 aliphatic heterocycles. The first kappa shape index (κ1) is 18.7. The van der Waals surface area contributed by atoms with Crippen LogP contribution < -0.4 is 11.1 Å². The van der Waals surface area contributed by atoms with Crippen molar-refractivity contribution in [3.63, 3.8) is 0 Å². The third kappa shape index (κ3) is 5.79. The van der Waals surface area contributed by atoms with Gasteiger partial charge in [0, 0.05) is 19.0 Å². The molecule has 1 amide bonds. The van der Waals surface area contributed by atoms with E-state index in [1.54, 1.807) is 13.0 Å². The third-order valence-electron chi connectivity index (χ3n) is 2.69. The van der Waals surface area contributed by atoms with E-state index in [9.17, 15) is 18.0 Å². The Kier molecular flexibility index (Phi) is 7.60. The number of hydrogen-bond donors (Lipinski definition) is 2. The zero-order chi connectivity index (χ0) is 14.5. The molecule has 3 nitrogen and oxygen atoms in total. The molecular weight excluding hydrogens is 293 g/mol. The van der Waals surface area contributed by atoms with Crippen LogP contribution in [0, 0.1) is 5.92 Å². The standard InChI is InChI=1S/C13H17F3N2O.ClH/c1-9(12(19)18-6-5-17)7-10-3-2-4-11(8-10)13(14,15)16;/h2-4,8-9H,5-7,17H2,1H3,(H,18,19);1H. The molecule has 0 aliphatic rings. The number of halogens is 4. The summed E-state index contributed by atoms with van der Waals surface area (Å²) in [6, 6.07) is 5.03. The number of rotatable bonds is 5. The first-order valence-corrected chi connectivity index (χ1v) is 5.98. The van der Waals surface area contributed by atoms with Crippen molar-refractivity contribution in [3.8, 4) is 0 Å². The fourth-order valence-electron chi connectivity index (χ4n) is 1.69. The molecule has 1 atom stereocenters. The molecule has 0 fully saturated rings. The van der Waals surface area contributed by atoms with Crippen LogP contribution in [-0.2, 0) is 17.4 Å². The molecule has 114 valence electrons. The van der Waals surface area contributed by atoms with Gasteiger partial charge in [-0.1, -0.05) is 25.1 Å². The highest BCUT2D eigenvalue weighted by Gasteiger charge is 2.30. The van der Waals surface area contributed by atoms with Gasteiger partial charge in [-0.3, -0.25) is 4.79 Å². The van der Waals surface area contributed by atoms with E-state index in [0.29, 0.717) is 18.7 Å². The van der Waals surface area contributed by atoms with Crippen LogP contribution in [0.3, 0.4) is 0 Å². The maximum atomic E-state index is 12.5. The molecule has 1 rings (SSSR count). The van der Waals surface area contributed by atoms with Gasteiger partial charge in [0.05, 0.1) is 5.56 Å². The number of amides is 1. The van der Waals surface area contributed by atoms with Crippen molar-refractivity contribution in [2.75, 3.05) is 13.1 Å². The maximum Gasteiger partial charge on any atom is 0.416 e. The van der Waals surface area contributed by atoms with Crippen LogP contribution in [0.15, 0.2) is 24.3 Å². The van der Waals surface area contributed by atoms with Crippen LogP contribution in [0.4, 0.5) is 13.2 Å². The van der Waals surface area contributed by atoms with Crippen LogP contribution >= 0.6 is 12.4 Å². The Balaban J connectivity index is 0.00000361. The molecular formula is C13H18ClF3N2O. The molecule has 0 bridgehead atoms. The summed E-state index contributed by atoms with van der Waals surface area (Å²) in [5.41, 5.74) is 5.05. The fourth-order valence-corrected chi connectivity index (χ4v) is 1.69. The van der Waals surface area contributed by atoms with Crippen molar-refractivity contribution in [3.05, 3.63) is 35.4 Å². The molecule has 0 aliphatic carbocycles. The minimum Gasteiger partial charge on any atom is -0.355 e. The summed E-state index contributed by atoms with van der Waals surface area (Å²) in [5.74, 6) is -0.599. The van der Waals surface area contributed by atoms with Gasteiger partial charge in [0.1, 0.15) is 0 Å². The van der Waals surface area contributed by atoms with E-state index >= 15 is 0 Å². The Morgan fingerprint density at radius 3 is 2.60 bits per heavy atom. The largest absolute Gasteiger partial charge is 0.416 e. The van der Waals surface area contributed by atoms with Gasteiger partial charge in [-0.05, 0) is 18.1 Å². The SMILES string of the molecule is CC(Cc1cccc(C(F)(F)F)c1)C(=O)NCCN.Cl. The Morgan fingerprint density at radius 2 is 2.05 bits per heavy atom. The van der Waals surface area contributed by atoms with Gasteiger partial charge in [-0.25, -0.2) is 0 Å². The van der Waals surface area contributed by atoms with Crippen molar-refractivity contribution in [1.29, 1.82) is 0 Å². The predicted molar refractivity (Wildman–Crippen MR) is 73.6 cm³/mol. The molecule has 0 spiro atoms. The molecule has 1 unspecified atom stereocenters. The van der Waals surface area contributed by atoms with E-state index in [4.69, 9.17) is 5.73 Å². The Morgan fingerprint density at radius 1 is 1.40 bits per heavy atom. The molecule has 7 heteroatoms. The highest BCUT2D eigenvalue weighted by atomic mass is 35.5. The second-order valence-corrected chi connectivity index (χ2v) is 4.38. The van der Waals surface area contributed by atoms with Gasteiger partial charge in [-0.2, -0.15) is 13.2 Å². The van der Waals surface area contributed by atoms with E-state index in [2.05, 4.69) is 5.32 Å². The quantitative estimate of drug-likeness (QED) is 0.877. The van der Waals surface area contributed by atoms with Crippen LogP contribution in [0.5, 0.6) is 0 Å². The summed E-state index contributed by atoms with van der Waals surface area (Å²) >= 11 is 0. The monoisotopic (exact) mass is 310 g/mol. The highest BCUT2D eigenvalue weighted by molar-refractivity contribution is 5.85. The number of nitrogens with one attached hydrogen (secondary N) is 1. The fraction of sp³-hybridized carbons (Fsp3) is 0.462. The molecule has 0 saturated heterocycles. The van der Waals surface area contributed by atoms with Gasteiger partial charge in [0.25, 0.3) is 0 Å². The van der Waals surface area contributed by atoms with E-state index < -0.39 is 17.7 Å². The lowest BCUT2D eigenvalue weighted by molar-refractivity contribution is -0.137. The van der Waals surface area contributed by atoms with Crippen LogP contribution in [0.25, 0.3) is 0 Å². The first-order chi connectivity index (χ1) is 8.84. The van der Waals surface area contributed by atoms with Crippen LogP contribution in [-0.4, -0.2) is 19.0 Å². The van der Waals surface area contributed by atoms with Crippen LogP contribution in [0.1, 0.15) is 18.1 Å². The van der Waals surface area contributed by atoms with E-state index in [-0.39, 0.29) is 24.7 Å². The third-order valence-corrected chi connectivity index (χ3v) is 2.69. The van der Waals surface area contributed by atoms with E-state index in [1.165, 1.54) is 6.07 Å². The summed E-state index contributed by atoms with van der Waals surface area (Å²) in [6.45, 7) is 2.37. The lowest BCUT2D eigenvalue weighted by Gasteiger charge is -2.13. The van der Waals surface area contributed by atoms with E-state index in [1.807, 2.05) is 0 Å². The average molecular weight is 311 g/mol. The smallest absolute Gasteiger partial charge is 0.355 e. The van der Waals surface area contributed by atoms with Crippen molar-refractivity contribution >= 4 is 18.3 Å². The van der Waals surface area contributed by atoms with E-state index in [0.717, 1.165) is 12.1 Å². The van der Waals surface area contributed by atoms with Crippen molar-refractivity contribution in [1.82, 2.24) is 5.32 Å². The Bertz CT molecular complexity index is 438. The Labute approximate surface area is 122 Å². The normalized spacial score (nSPS) is 12.4. The second-order valence-electron chi connectivity index (χ2n) is 4.38. The average Bonchev–Trinajstić information content (AvgIpc) is 2.35. The van der Waals surface area contributed by atoms with Gasteiger partial charge >= 0.3 is 6.18 Å². The summed E-state index contributed by atoms with van der Waals surface area (Å²) in [7, 11) is 0. The van der Waals surface area contributed by atoms with Gasteiger partial charge in [-0.15, -0.1) is 12.4 Å². The molecule has 1 aromatic carbocycles. The number of carbonyl (C=O) groups is 1. The zero-order valence-electron chi connectivity index (χ0n) is 11.0. The zero-order valence-corrected chi connectivity index (χ0v) is 11.9. The van der Waals surface area contributed by atoms with Gasteiger partial charge < -0.3 is 11.1 Å². The number of alkyl halides is 3. The summed E-state index contributed by atoms with van der Waals surface area (Å²) in [5, 5.41) is 2.61. The van der Waals surface area contributed by atoms with Crippen molar-refractivity contribution < 1.29 is 18.0 Å². The van der Waals surface area contributed by atoms with Gasteiger partial charge in [0.2, 0.25) is 5.91 Å². The second kappa shape index (κ2) is 8.11. The maximum absolute atomic E-state index is 12.5. The lowest BCUT2D eigenvalue weighted by atomic mass is 9.98. The summed E-state index contributed by atoms with van der Waals surface area (Å²) < 4.78 is 37.6. The molecule has 20 heavy (non-hydrogen) atoms. The van der Waals surface area contributed by atoms with Crippen molar-refractivity contribution in [2.45, 2.75) is 19.5 Å². The highest BCUT2D eigenvalue weighted by Crippen LogP contribution is 2.29. The van der Waals surface area contributed by atoms with Gasteiger partial charge in [0.15, 0.2) is 0 Å². The lowest BCUT2D eigenvalue weighted by Crippen LogP contribution is -2.34. The number of hydrogen-bond acceptors (Lipinski definition) is 2. The number of nitrogens with two attached hydrogens (primary N) is 1. The minimum atomic E-state index is -4.36. The Hall–Kier alpha value is -1.27. The van der Waals surface area contributed by atoms with Crippen molar-refractivity contribution in [2.24, 2.45) is 11.7 Å². The minimum absolute atomic E-state index is 0. The number of carbonyl (C=O) groups excluding carboxylic acids is 1. The summed E-state index contributed by atoms with van der Waals surface area (Å²) in [4.78, 5) is 11.6. The molecule has 1 aromatic rings. The molecule has 0 saturated carbocycles. The molecule has 0 aromatic heterocycles. The molecule has 0 heterocycles. The number of benzene rings is 1. The molecule has 3 N–H and O–H groups in total. The van der Waals surface area contributed by atoms with Crippen LogP contribution in [0.2, 0.25) is 0 Å².